The smallest absolute Gasteiger partial charge is 0.308 e. The van der Waals surface area contributed by atoms with Crippen LogP contribution in [0.25, 0.3) is 0 Å². The Balaban J connectivity index is 2.34. The average molecular weight is 240 g/mol. The van der Waals surface area contributed by atoms with Crippen LogP contribution in [0, 0.1) is 11.8 Å². The van der Waals surface area contributed by atoms with Gasteiger partial charge in [-0.3, -0.25) is 9.59 Å². The van der Waals surface area contributed by atoms with Crippen LogP contribution in [-0.4, -0.2) is 18.4 Å². The number of hydrogen-bond acceptors (Lipinski definition) is 3. The van der Waals surface area contributed by atoms with E-state index in [0.717, 1.165) is 44.9 Å². The van der Waals surface area contributed by atoms with E-state index in [1.165, 1.54) is 0 Å². The molecule has 0 heterocycles. The lowest BCUT2D eigenvalue weighted by molar-refractivity contribution is -0.149. The monoisotopic (exact) mass is 240 g/mol. The van der Waals surface area contributed by atoms with Gasteiger partial charge in [-0.05, 0) is 39.0 Å². The van der Waals surface area contributed by atoms with Gasteiger partial charge in [0, 0.05) is 5.92 Å². The summed E-state index contributed by atoms with van der Waals surface area (Å²) in [7, 11) is 0. The molecule has 1 aliphatic carbocycles. The number of ether oxygens (including phenoxy) is 1. The molecule has 0 saturated heterocycles. The summed E-state index contributed by atoms with van der Waals surface area (Å²) in [5.41, 5.74) is 0. The molecule has 98 valence electrons. The third-order valence-corrected chi connectivity index (χ3v) is 3.62. The first-order chi connectivity index (χ1) is 8.15. The molecular formula is C14H24O3. The number of carbonyl (C=O) groups excluding carboxylic acids is 2. The highest BCUT2D eigenvalue weighted by atomic mass is 16.5. The lowest BCUT2D eigenvalue weighted by Crippen LogP contribution is -2.18. The standard InChI is InChI=1S/C14H24O3/c1-3-4-10-17-14(16)13-7-5-6-12(8-9-13)11(2)15/h12-13H,3-10H2,1-2H3. The minimum absolute atomic E-state index is 0.0243. The number of rotatable bonds is 5. The SMILES string of the molecule is CCCCOC(=O)C1CCCC(C(C)=O)CC1. The van der Waals surface area contributed by atoms with Crippen molar-refractivity contribution < 1.29 is 14.3 Å². The van der Waals surface area contributed by atoms with E-state index in [1.54, 1.807) is 6.92 Å². The van der Waals surface area contributed by atoms with E-state index < -0.39 is 0 Å². The van der Waals surface area contributed by atoms with Crippen molar-refractivity contribution in [3.8, 4) is 0 Å². The molecule has 0 radical (unpaired) electrons. The first kappa shape index (κ1) is 14.2. The summed E-state index contributed by atoms with van der Waals surface area (Å²) in [4.78, 5) is 23.1. The molecule has 3 nitrogen and oxygen atoms in total. The van der Waals surface area contributed by atoms with Gasteiger partial charge in [0.15, 0.2) is 0 Å². The molecule has 1 rings (SSSR count). The quantitative estimate of drug-likeness (QED) is 0.421. The molecule has 2 unspecified atom stereocenters. The lowest BCUT2D eigenvalue weighted by Gasteiger charge is -2.13. The van der Waals surface area contributed by atoms with Crippen molar-refractivity contribution in [2.45, 2.75) is 58.8 Å². The molecule has 0 spiro atoms. The number of esters is 1. The fraction of sp³-hybridized carbons (Fsp3) is 0.857. The third kappa shape index (κ3) is 4.88. The highest BCUT2D eigenvalue weighted by molar-refractivity contribution is 5.78. The molecule has 0 bridgehead atoms. The first-order valence-electron chi connectivity index (χ1n) is 6.82. The average Bonchev–Trinajstić information content (AvgIpc) is 2.54. The summed E-state index contributed by atoms with van der Waals surface area (Å²) in [6, 6.07) is 0. The van der Waals surface area contributed by atoms with Gasteiger partial charge in [0.2, 0.25) is 0 Å². The zero-order valence-electron chi connectivity index (χ0n) is 11.0. The van der Waals surface area contributed by atoms with Gasteiger partial charge in [-0.15, -0.1) is 0 Å². The van der Waals surface area contributed by atoms with Crippen LogP contribution >= 0.6 is 0 Å². The highest BCUT2D eigenvalue weighted by Crippen LogP contribution is 2.28. The fourth-order valence-corrected chi connectivity index (χ4v) is 2.38. The van der Waals surface area contributed by atoms with E-state index in [4.69, 9.17) is 4.74 Å². The van der Waals surface area contributed by atoms with Gasteiger partial charge < -0.3 is 4.74 Å². The Hall–Kier alpha value is -0.860. The van der Waals surface area contributed by atoms with Crippen molar-refractivity contribution in [2.75, 3.05) is 6.61 Å². The maximum absolute atomic E-state index is 11.8. The van der Waals surface area contributed by atoms with Crippen LogP contribution in [0.4, 0.5) is 0 Å². The molecule has 3 heteroatoms. The van der Waals surface area contributed by atoms with Gasteiger partial charge in [-0.25, -0.2) is 0 Å². The van der Waals surface area contributed by atoms with E-state index in [0.29, 0.717) is 6.61 Å². The third-order valence-electron chi connectivity index (χ3n) is 3.62. The summed E-state index contributed by atoms with van der Waals surface area (Å²) < 4.78 is 5.25. The zero-order valence-corrected chi connectivity index (χ0v) is 11.0. The Kier molecular flexibility index (Phi) is 6.23. The van der Waals surface area contributed by atoms with Crippen molar-refractivity contribution in [1.29, 1.82) is 0 Å². The second-order valence-corrected chi connectivity index (χ2v) is 5.03. The molecule has 0 aromatic carbocycles. The minimum atomic E-state index is -0.0531. The summed E-state index contributed by atoms with van der Waals surface area (Å²) in [5, 5.41) is 0. The van der Waals surface area contributed by atoms with Crippen LogP contribution in [0.5, 0.6) is 0 Å². The van der Waals surface area contributed by atoms with Gasteiger partial charge in [0.25, 0.3) is 0 Å². The van der Waals surface area contributed by atoms with Gasteiger partial charge in [0.1, 0.15) is 5.78 Å². The topological polar surface area (TPSA) is 43.4 Å². The zero-order chi connectivity index (χ0) is 12.7. The molecule has 1 aliphatic rings. The second-order valence-electron chi connectivity index (χ2n) is 5.03. The number of Topliss-reactive ketones (excluding diaryl/α,β-unsaturated/α-hetero) is 1. The van der Waals surface area contributed by atoms with E-state index >= 15 is 0 Å². The molecule has 1 fully saturated rings. The second kappa shape index (κ2) is 7.46. The molecule has 0 aliphatic heterocycles. The van der Waals surface area contributed by atoms with Crippen LogP contribution in [0.3, 0.4) is 0 Å². The Bertz CT molecular complexity index is 260. The molecule has 0 N–H and O–H groups in total. The summed E-state index contributed by atoms with van der Waals surface area (Å²) in [6.07, 6.45) is 6.44. The largest absolute Gasteiger partial charge is 0.465 e. The Morgan fingerprint density at radius 3 is 2.41 bits per heavy atom. The van der Waals surface area contributed by atoms with Crippen molar-refractivity contribution in [3.05, 3.63) is 0 Å². The molecule has 0 aromatic rings. The molecule has 1 saturated carbocycles. The van der Waals surface area contributed by atoms with Crippen LogP contribution < -0.4 is 0 Å². The van der Waals surface area contributed by atoms with Crippen molar-refractivity contribution in [3.63, 3.8) is 0 Å². The van der Waals surface area contributed by atoms with Gasteiger partial charge in [0.05, 0.1) is 12.5 Å². The number of hydrogen-bond donors (Lipinski definition) is 0. The summed E-state index contributed by atoms with van der Waals surface area (Å²) in [6.45, 7) is 4.28. The Labute approximate surface area is 104 Å². The molecule has 0 amide bonds. The van der Waals surface area contributed by atoms with Gasteiger partial charge in [-0.1, -0.05) is 19.8 Å². The van der Waals surface area contributed by atoms with Crippen molar-refractivity contribution >= 4 is 11.8 Å². The van der Waals surface area contributed by atoms with Crippen LogP contribution in [0.1, 0.15) is 58.8 Å². The Morgan fingerprint density at radius 2 is 1.76 bits per heavy atom. The predicted molar refractivity (Wildman–Crippen MR) is 66.6 cm³/mol. The summed E-state index contributed by atoms with van der Waals surface area (Å²) in [5.74, 6) is 0.410. The molecule has 17 heavy (non-hydrogen) atoms. The number of carbonyl (C=O) groups is 2. The normalized spacial score (nSPS) is 25.1. The maximum atomic E-state index is 11.8. The van der Waals surface area contributed by atoms with Crippen LogP contribution in [0.15, 0.2) is 0 Å². The minimum Gasteiger partial charge on any atom is -0.465 e. The van der Waals surface area contributed by atoms with Crippen molar-refractivity contribution in [1.82, 2.24) is 0 Å². The first-order valence-corrected chi connectivity index (χ1v) is 6.82. The molecule has 2 atom stereocenters. The molecular weight excluding hydrogens is 216 g/mol. The highest BCUT2D eigenvalue weighted by Gasteiger charge is 2.26. The van der Waals surface area contributed by atoms with E-state index in [9.17, 15) is 9.59 Å². The lowest BCUT2D eigenvalue weighted by atomic mass is 9.95. The van der Waals surface area contributed by atoms with E-state index in [-0.39, 0.29) is 23.6 Å². The molecule has 0 aromatic heterocycles. The fourth-order valence-electron chi connectivity index (χ4n) is 2.38. The van der Waals surface area contributed by atoms with Gasteiger partial charge in [-0.2, -0.15) is 0 Å². The Morgan fingerprint density at radius 1 is 1.12 bits per heavy atom. The number of ketones is 1. The maximum Gasteiger partial charge on any atom is 0.308 e. The van der Waals surface area contributed by atoms with Crippen LogP contribution in [-0.2, 0) is 14.3 Å². The van der Waals surface area contributed by atoms with Crippen LogP contribution in [0.2, 0.25) is 0 Å². The van der Waals surface area contributed by atoms with E-state index in [2.05, 4.69) is 6.92 Å². The number of unbranched alkanes of at least 4 members (excludes halogenated alkanes) is 1. The summed E-state index contributed by atoms with van der Waals surface area (Å²) >= 11 is 0. The predicted octanol–water partition coefficient (Wildman–Crippen LogP) is 3.12. The van der Waals surface area contributed by atoms with E-state index in [1.807, 2.05) is 0 Å². The van der Waals surface area contributed by atoms with Crippen molar-refractivity contribution in [2.24, 2.45) is 11.8 Å². The van der Waals surface area contributed by atoms with Gasteiger partial charge >= 0.3 is 5.97 Å².